The minimum atomic E-state index is 0.550. The van der Waals surface area contributed by atoms with Gasteiger partial charge in [0.2, 0.25) is 0 Å². The number of hydrogen-bond donors (Lipinski definition) is 1. The molecule has 2 saturated carbocycles. The van der Waals surface area contributed by atoms with Gasteiger partial charge in [-0.2, -0.15) is 0 Å². The zero-order valence-electron chi connectivity index (χ0n) is 8.84. The van der Waals surface area contributed by atoms with Crippen LogP contribution in [0.5, 0.6) is 0 Å². The zero-order valence-corrected chi connectivity index (χ0v) is 8.84. The third-order valence-corrected chi connectivity index (χ3v) is 4.80. The van der Waals surface area contributed by atoms with E-state index in [0.717, 1.165) is 23.8 Å². The lowest BCUT2D eigenvalue weighted by molar-refractivity contribution is -0.0268. The SMILES string of the molecule is CC(C)C12CC3CC(CC(C3)N1)C2. The highest BCUT2D eigenvalue weighted by molar-refractivity contribution is 5.08. The molecule has 0 radical (unpaired) electrons. The number of piperidine rings is 2. The molecule has 0 aromatic heterocycles. The zero-order chi connectivity index (χ0) is 9.05. The summed E-state index contributed by atoms with van der Waals surface area (Å²) in [7, 11) is 0. The predicted molar refractivity (Wildman–Crippen MR) is 54.6 cm³/mol. The molecule has 2 heterocycles. The topological polar surface area (TPSA) is 12.0 Å². The largest absolute Gasteiger partial charge is 0.308 e. The molecule has 2 saturated heterocycles. The van der Waals surface area contributed by atoms with Crippen molar-refractivity contribution in [3.8, 4) is 0 Å². The molecule has 1 N–H and O–H groups in total. The molecule has 1 heteroatoms. The highest BCUT2D eigenvalue weighted by atomic mass is 15.1. The maximum atomic E-state index is 3.93. The van der Waals surface area contributed by atoms with E-state index < -0.39 is 0 Å². The van der Waals surface area contributed by atoms with Crippen molar-refractivity contribution in [1.29, 1.82) is 0 Å². The Morgan fingerprint density at radius 1 is 1.08 bits per heavy atom. The Labute approximate surface area is 81.3 Å². The van der Waals surface area contributed by atoms with Gasteiger partial charge in [0.1, 0.15) is 0 Å². The van der Waals surface area contributed by atoms with Gasteiger partial charge in [-0.25, -0.2) is 0 Å². The summed E-state index contributed by atoms with van der Waals surface area (Å²) in [6.07, 6.45) is 7.44. The van der Waals surface area contributed by atoms with Crippen LogP contribution >= 0.6 is 0 Å². The van der Waals surface area contributed by atoms with Gasteiger partial charge >= 0.3 is 0 Å². The summed E-state index contributed by atoms with van der Waals surface area (Å²) < 4.78 is 0. The Morgan fingerprint density at radius 2 is 1.69 bits per heavy atom. The quantitative estimate of drug-likeness (QED) is 0.652. The minimum absolute atomic E-state index is 0.550. The van der Waals surface area contributed by atoms with Crippen molar-refractivity contribution >= 4 is 0 Å². The molecule has 0 amide bonds. The fourth-order valence-corrected chi connectivity index (χ4v) is 4.29. The van der Waals surface area contributed by atoms with Crippen molar-refractivity contribution in [2.75, 3.05) is 0 Å². The van der Waals surface area contributed by atoms with Gasteiger partial charge in [-0.15, -0.1) is 0 Å². The molecular formula is C12H21N. The normalized spacial score (nSPS) is 53.3. The van der Waals surface area contributed by atoms with Crippen molar-refractivity contribution in [3.63, 3.8) is 0 Å². The Morgan fingerprint density at radius 3 is 2.15 bits per heavy atom. The van der Waals surface area contributed by atoms with Gasteiger partial charge in [0.05, 0.1) is 0 Å². The van der Waals surface area contributed by atoms with Gasteiger partial charge in [-0.3, -0.25) is 0 Å². The third kappa shape index (κ3) is 1.09. The van der Waals surface area contributed by atoms with Gasteiger partial charge in [-0.1, -0.05) is 13.8 Å². The van der Waals surface area contributed by atoms with Crippen LogP contribution in [0.1, 0.15) is 46.0 Å². The van der Waals surface area contributed by atoms with Crippen LogP contribution in [0.3, 0.4) is 0 Å². The molecule has 4 aliphatic rings. The van der Waals surface area contributed by atoms with Crippen molar-refractivity contribution in [1.82, 2.24) is 5.32 Å². The Balaban J connectivity index is 1.91. The van der Waals surface area contributed by atoms with Gasteiger partial charge in [0.25, 0.3) is 0 Å². The number of nitrogens with one attached hydrogen (secondary N) is 1. The highest BCUT2D eigenvalue weighted by Crippen LogP contribution is 2.51. The van der Waals surface area contributed by atoms with E-state index in [4.69, 9.17) is 0 Å². The first-order valence-corrected chi connectivity index (χ1v) is 5.96. The second-order valence-corrected chi connectivity index (χ2v) is 6.00. The minimum Gasteiger partial charge on any atom is -0.308 e. The average molecular weight is 179 g/mol. The summed E-state index contributed by atoms with van der Waals surface area (Å²) in [6, 6.07) is 0.883. The number of hydrogen-bond acceptors (Lipinski definition) is 1. The van der Waals surface area contributed by atoms with E-state index >= 15 is 0 Å². The van der Waals surface area contributed by atoms with Crippen molar-refractivity contribution in [2.45, 2.75) is 57.5 Å². The van der Waals surface area contributed by atoms with E-state index in [9.17, 15) is 0 Å². The molecule has 0 aromatic rings. The lowest BCUT2D eigenvalue weighted by Crippen LogP contribution is -2.66. The molecule has 2 unspecified atom stereocenters. The van der Waals surface area contributed by atoms with Crippen LogP contribution in [-0.2, 0) is 0 Å². The van der Waals surface area contributed by atoms with Crippen LogP contribution in [0.2, 0.25) is 0 Å². The van der Waals surface area contributed by atoms with Crippen LogP contribution in [0.15, 0.2) is 0 Å². The van der Waals surface area contributed by atoms with E-state index in [1.807, 2.05) is 0 Å². The number of rotatable bonds is 1. The molecule has 13 heavy (non-hydrogen) atoms. The van der Waals surface area contributed by atoms with E-state index in [2.05, 4.69) is 19.2 Å². The first-order valence-electron chi connectivity index (χ1n) is 5.96. The van der Waals surface area contributed by atoms with Crippen LogP contribution in [0.4, 0.5) is 0 Å². The van der Waals surface area contributed by atoms with Crippen LogP contribution in [-0.4, -0.2) is 11.6 Å². The summed E-state index contributed by atoms with van der Waals surface area (Å²) in [4.78, 5) is 0. The lowest BCUT2D eigenvalue weighted by Gasteiger charge is -2.59. The molecule has 74 valence electrons. The Bertz CT molecular complexity index is 184. The Hall–Kier alpha value is -0.0400. The third-order valence-electron chi connectivity index (χ3n) is 4.80. The molecular weight excluding hydrogens is 158 g/mol. The molecule has 4 bridgehead atoms. The molecule has 0 spiro atoms. The molecule has 2 aliphatic heterocycles. The fraction of sp³-hybridized carbons (Fsp3) is 1.00. The van der Waals surface area contributed by atoms with E-state index in [0.29, 0.717) is 5.54 Å². The van der Waals surface area contributed by atoms with Gasteiger partial charge in [0, 0.05) is 11.6 Å². The summed E-state index contributed by atoms with van der Waals surface area (Å²) in [5.41, 5.74) is 0.550. The molecule has 2 atom stereocenters. The molecule has 4 rings (SSSR count). The van der Waals surface area contributed by atoms with Crippen LogP contribution in [0, 0.1) is 17.8 Å². The van der Waals surface area contributed by atoms with E-state index in [1.165, 1.54) is 25.7 Å². The van der Waals surface area contributed by atoms with E-state index in [-0.39, 0.29) is 0 Å². The predicted octanol–water partition coefficient (Wildman–Crippen LogP) is 2.56. The highest BCUT2D eigenvalue weighted by Gasteiger charge is 2.51. The average Bonchev–Trinajstić information content (AvgIpc) is 2.00. The summed E-state index contributed by atoms with van der Waals surface area (Å²) in [6.45, 7) is 4.81. The second-order valence-electron chi connectivity index (χ2n) is 6.00. The van der Waals surface area contributed by atoms with Crippen molar-refractivity contribution in [3.05, 3.63) is 0 Å². The van der Waals surface area contributed by atoms with Gasteiger partial charge in [0.15, 0.2) is 0 Å². The first-order chi connectivity index (χ1) is 6.18. The van der Waals surface area contributed by atoms with E-state index in [1.54, 1.807) is 6.42 Å². The van der Waals surface area contributed by atoms with Crippen LogP contribution in [0.25, 0.3) is 0 Å². The summed E-state index contributed by atoms with van der Waals surface area (Å²) >= 11 is 0. The van der Waals surface area contributed by atoms with Gasteiger partial charge < -0.3 is 5.32 Å². The molecule has 4 fully saturated rings. The lowest BCUT2D eigenvalue weighted by atomic mass is 9.56. The second kappa shape index (κ2) is 2.50. The molecule has 1 nitrogen and oxygen atoms in total. The van der Waals surface area contributed by atoms with Crippen molar-refractivity contribution in [2.24, 2.45) is 17.8 Å². The standard InChI is InChI=1S/C12H21N/c1-8(2)12-6-9-3-10(7-12)5-11(4-9)13-12/h8-11,13H,3-7H2,1-2H3. The molecule has 0 aromatic carbocycles. The monoisotopic (exact) mass is 179 g/mol. The van der Waals surface area contributed by atoms with Crippen LogP contribution < -0.4 is 5.32 Å². The smallest absolute Gasteiger partial charge is 0.0212 e. The molecule has 2 aliphatic carbocycles. The first kappa shape index (κ1) is 8.28. The summed E-state index contributed by atoms with van der Waals surface area (Å²) in [5.74, 6) is 2.98. The van der Waals surface area contributed by atoms with Gasteiger partial charge in [-0.05, 0) is 49.9 Å². The van der Waals surface area contributed by atoms with Crippen molar-refractivity contribution < 1.29 is 0 Å². The Kier molecular flexibility index (Phi) is 1.59. The summed E-state index contributed by atoms with van der Waals surface area (Å²) in [5, 5.41) is 3.93. The maximum Gasteiger partial charge on any atom is 0.0212 e. The maximum absolute atomic E-state index is 3.93. The fourth-order valence-electron chi connectivity index (χ4n) is 4.29.